The number of carbonyl (C=O) groups excluding carboxylic acids is 1. The molecule has 1 aliphatic rings. The Morgan fingerprint density at radius 2 is 1.91 bits per heavy atom. The van der Waals surface area contributed by atoms with Gasteiger partial charge in [-0.3, -0.25) is 9.69 Å². The number of hydrogen-bond acceptors (Lipinski definition) is 2. The Hall–Kier alpha value is -2.36. The molecule has 0 unspecified atom stereocenters. The lowest BCUT2D eigenvalue weighted by molar-refractivity contribution is -0.364. The number of rotatable bonds is 5. The topological polar surface area (TPSA) is 46.5 Å². The van der Waals surface area contributed by atoms with Crippen molar-refractivity contribution in [3.05, 3.63) is 59.8 Å². The van der Waals surface area contributed by atoms with Gasteiger partial charge in [0.2, 0.25) is 0 Å². The molecule has 1 fully saturated rings. The molecule has 2 aromatic rings. The molecule has 23 heavy (non-hydrogen) atoms. The van der Waals surface area contributed by atoms with Crippen LogP contribution in [-0.2, 0) is 0 Å². The third-order valence-electron chi connectivity index (χ3n) is 4.44. The van der Waals surface area contributed by atoms with E-state index in [4.69, 9.17) is 0 Å². The maximum atomic E-state index is 12.6. The highest BCUT2D eigenvalue weighted by molar-refractivity contribution is 5.98. The number of nitrogens with one attached hydrogen (secondary N) is 2. The molecule has 0 spiro atoms. The van der Waals surface area contributed by atoms with Crippen molar-refractivity contribution in [1.29, 1.82) is 0 Å². The van der Waals surface area contributed by atoms with E-state index in [1.54, 1.807) is 0 Å². The number of aromatic nitrogens is 1. The molecule has 0 aliphatic carbocycles. The van der Waals surface area contributed by atoms with Crippen molar-refractivity contribution in [2.75, 3.05) is 24.5 Å². The summed E-state index contributed by atoms with van der Waals surface area (Å²) in [6, 6.07) is 14.1. The predicted molar refractivity (Wildman–Crippen MR) is 91.6 cm³/mol. The first-order valence-electron chi connectivity index (χ1n) is 8.34. The standard InChI is InChI=1S/C19H23N3O/c1-15(16-8-3-2-4-9-16)14-21-19(23)17-10-7-11-20-18(17)22-12-5-6-13-22/h2-4,7-11,15H,5-6,12-14H2,1H3,(H,21,23)/p+1/t15-/m1/s1. The molecule has 120 valence electrons. The molecule has 2 heterocycles. The van der Waals surface area contributed by atoms with Gasteiger partial charge in [-0.05, 0) is 36.5 Å². The lowest BCUT2D eigenvalue weighted by Gasteiger charge is -2.15. The van der Waals surface area contributed by atoms with Gasteiger partial charge in [0.1, 0.15) is 5.56 Å². The summed E-state index contributed by atoms with van der Waals surface area (Å²) >= 11 is 0. The summed E-state index contributed by atoms with van der Waals surface area (Å²) in [5.41, 5.74) is 1.97. The van der Waals surface area contributed by atoms with Crippen molar-refractivity contribution in [2.24, 2.45) is 0 Å². The van der Waals surface area contributed by atoms with Crippen LogP contribution in [0.1, 0.15) is 41.6 Å². The third kappa shape index (κ3) is 3.70. The van der Waals surface area contributed by atoms with E-state index in [0.717, 1.165) is 24.5 Å². The number of benzene rings is 1. The van der Waals surface area contributed by atoms with E-state index >= 15 is 0 Å². The molecule has 0 saturated carbocycles. The highest BCUT2D eigenvalue weighted by Gasteiger charge is 2.26. The van der Waals surface area contributed by atoms with Crippen molar-refractivity contribution >= 4 is 11.7 Å². The van der Waals surface area contributed by atoms with Crippen LogP contribution in [0, 0.1) is 0 Å². The summed E-state index contributed by atoms with van der Waals surface area (Å²) in [6.45, 7) is 4.80. The highest BCUT2D eigenvalue weighted by atomic mass is 16.1. The smallest absolute Gasteiger partial charge is 0.287 e. The van der Waals surface area contributed by atoms with Gasteiger partial charge < -0.3 is 5.32 Å². The van der Waals surface area contributed by atoms with Crippen LogP contribution in [0.4, 0.5) is 5.82 Å². The Bertz CT molecular complexity index is 651. The van der Waals surface area contributed by atoms with Gasteiger partial charge in [0, 0.05) is 6.54 Å². The quantitative estimate of drug-likeness (QED) is 0.923. The molecule has 0 bridgehead atoms. The second-order valence-corrected chi connectivity index (χ2v) is 6.15. The first-order chi connectivity index (χ1) is 11.3. The van der Waals surface area contributed by atoms with Crippen LogP contribution < -0.4 is 15.2 Å². The number of amides is 1. The van der Waals surface area contributed by atoms with Crippen molar-refractivity contribution in [3.8, 4) is 0 Å². The molecule has 3 rings (SSSR count). The van der Waals surface area contributed by atoms with Gasteiger partial charge in [-0.2, -0.15) is 0 Å². The van der Waals surface area contributed by atoms with Crippen LogP contribution in [0.5, 0.6) is 0 Å². The first-order valence-corrected chi connectivity index (χ1v) is 8.34. The molecule has 4 nitrogen and oxygen atoms in total. The molecule has 1 amide bonds. The highest BCUT2D eigenvalue weighted by Crippen LogP contribution is 2.20. The average molecular weight is 310 g/mol. The zero-order valence-corrected chi connectivity index (χ0v) is 13.6. The summed E-state index contributed by atoms with van der Waals surface area (Å²) in [7, 11) is 0. The van der Waals surface area contributed by atoms with E-state index < -0.39 is 0 Å². The van der Waals surface area contributed by atoms with Gasteiger partial charge in [0.25, 0.3) is 11.7 Å². The molecule has 4 heteroatoms. The second kappa shape index (κ2) is 7.27. The van der Waals surface area contributed by atoms with Crippen molar-refractivity contribution in [2.45, 2.75) is 25.7 Å². The van der Waals surface area contributed by atoms with Gasteiger partial charge in [-0.25, -0.2) is 4.98 Å². The normalized spacial score (nSPS) is 15.4. The zero-order chi connectivity index (χ0) is 16.1. The Morgan fingerprint density at radius 3 is 2.65 bits per heavy atom. The molecule has 2 N–H and O–H groups in total. The van der Waals surface area contributed by atoms with E-state index in [1.807, 2.05) is 36.5 Å². The predicted octanol–water partition coefficient (Wildman–Crippen LogP) is 2.63. The number of anilines is 1. The minimum atomic E-state index is -0.00784. The third-order valence-corrected chi connectivity index (χ3v) is 4.44. The fourth-order valence-electron chi connectivity index (χ4n) is 3.05. The number of carbonyl (C=O) groups is 1. The largest absolute Gasteiger partial charge is 0.351 e. The first kappa shape index (κ1) is 15.5. The lowest BCUT2D eigenvalue weighted by Crippen LogP contribution is -2.33. The number of H-pyrrole nitrogens is 1. The Labute approximate surface area is 137 Å². The fraction of sp³-hybridized carbons (Fsp3) is 0.368. The van der Waals surface area contributed by atoms with E-state index in [-0.39, 0.29) is 5.91 Å². The van der Waals surface area contributed by atoms with E-state index in [1.165, 1.54) is 18.4 Å². The van der Waals surface area contributed by atoms with Crippen LogP contribution in [0.2, 0.25) is 0 Å². The second-order valence-electron chi connectivity index (χ2n) is 6.15. The monoisotopic (exact) mass is 310 g/mol. The zero-order valence-electron chi connectivity index (χ0n) is 13.6. The van der Waals surface area contributed by atoms with Gasteiger partial charge >= 0.3 is 0 Å². The summed E-state index contributed by atoms with van der Waals surface area (Å²) in [5.74, 6) is 1.23. The van der Waals surface area contributed by atoms with Crippen LogP contribution in [-0.4, -0.2) is 25.5 Å². The van der Waals surface area contributed by atoms with Gasteiger partial charge in [0.05, 0.1) is 19.3 Å². The minimum Gasteiger partial charge on any atom is -0.351 e. The lowest BCUT2D eigenvalue weighted by atomic mass is 10.0. The van der Waals surface area contributed by atoms with E-state index in [2.05, 4.69) is 34.3 Å². The van der Waals surface area contributed by atoms with Gasteiger partial charge in [-0.1, -0.05) is 37.3 Å². The fourth-order valence-corrected chi connectivity index (χ4v) is 3.05. The van der Waals surface area contributed by atoms with Crippen LogP contribution in [0.25, 0.3) is 0 Å². The Kier molecular flexibility index (Phi) is 4.91. The number of hydrogen-bond donors (Lipinski definition) is 1. The van der Waals surface area contributed by atoms with Crippen molar-refractivity contribution < 1.29 is 9.78 Å². The van der Waals surface area contributed by atoms with E-state index in [0.29, 0.717) is 12.5 Å². The van der Waals surface area contributed by atoms with Crippen LogP contribution in [0.3, 0.4) is 0 Å². The van der Waals surface area contributed by atoms with Crippen LogP contribution in [0.15, 0.2) is 48.7 Å². The van der Waals surface area contributed by atoms with Crippen molar-refractivity contribution in [1.82, 2.24) is 5.32 Å². The number of pyridine rings is 1. The maximum Gasteiger partial charge on any atom is 0.287 e. The molecular formula is C19H24N3O+. The SMILES string of the molecule is C[C@H](CNC(=O)c1ccc[nH+]c1N1CCCC1)c1ccccc1. The van der Waals surface area contributed by atoms with Crippen LogP contribution >= 0.6 is 0 Å². The molecule has 1 atom stereocenters. The molecular weight excluding hydrogens is 286 g/mol. The summed E-state index contributed by atoms with van der Waals surface area (Å²) in [5, 5.41) is 3.08. The minimum absolute atomic E-state index is 0.00784. The van der Waals surface area contributed by atoms with Gasteiger partial charge in [-0.15, -0.1) is 0 Å². The molecule has 0 radical (unpaired) electrons. The molecule has 1 aromatic carbocycles. The Balaban J connectivity index is 1.67. The molecule has 1 saturated heterocycles. The molecule has 1 aromatic heterocycles. The number of aromatic amines is 1. The van der Waals surface area contributed by atoms with E-state index in [9.17, 15) is 4.79 Å². The van der Waals surface area contributed by atoms with Gasteiger partial charge in [0.15, 0.2) is 0 Å². The number of nitrogens with zero attached hydrogens (tertiary/aromatic N) is 1. The summed E-state index contributed by atoms with van der Waals surface area (Å²) < 4.78 is 0. The molecule has 1 aliphatic heterocycles. The maximum absolute atomic E-state index is 12.6. The Morgan fingerprint density at radius 1 is 1.17 bits per heavy atom. The summed E-state index contributed by atoms with van der Waals surface area (Å²) in [6.07, 6.45) is 4.26. The summed E-state index contributed by atoms with van der Waals surface area (Å²) in [4.78, 5) is 18.1. The average Bonchev–Trinajstić information content (AvgIpc) is 3.14. The van der Waals surface area contributed by atoms with Crippen molar-refractivity contribution in [3.63, 3.8) is 0 Å².